The molecule has 1 aromatic rings. The first kappa shape index (κ1) is 18.0. The van der Waals surface area contributed by atoms with Gasteiger partial charge in [-0.05, 0) is 37.1 Å². The number of methoxy groups -OCH3 is 1. The molecular weight excluding hydrogens is 295 g/mol. The molecule has 0 saturated carbocycles. The fourth-order valence-corrected chi connectivity index (χ4v) is 2.93. The number of sulfonamides is 1. The van der Waals surface area contributed by atoms with Crippen molar-refractivity contribution in [3.63, 3.8) is 0 Å². The molecule has 2 N–H and O–H groups in total. The van der Waals surface area contributed by atoms with Crippen LogP contribution in [0.25, 0.3) is 0 Å². The number of halogens is 1. The van der Waals surface area contributed by atoms with Crippen molar-refractivity contribution >= 4 is 10.0 Å². The van der Waals surface area contributed by atoms with Gasteiger partial charge in [0.2, 0.25) is 10.0 Å². The molecular formula is C14H23FN2O3S. The van der Waals surface area contributed by atoms with E-state index < -0.39 is 15.8 Å². The Kier molecular flexibility index (Phi) is 7.81. The Morgan fingerprint density at radius 2 is 2.05 bits per heavy atom. The lowest BCUT2D eigenvalue weighted by Crippen LogP contribution is -2.26. The Morgan fingerprint density at radius 3 is 2.67 bits per heavy atom. The van der Waals surface area contributed by atoms with Crippen LogP contribution in [-0.4, -0.2) is 35.2 Å². The van der Waals surface area contributed by atoms with E-state index in [1.54, 1.807) is 13.2 Å². The minimum absolute atomic E-state index is 0.268. The molecule has 0 radical (unpaired) electrons. The van der Waals surface area contributed by atoms with E-state index in [0.29, 0.717) is 25.1 Å². The zero-order chi connectivity index (χ0) is 15.7. The van der Waals surface area contributed by atoms with E-state index in [-0.39, 0.29) is 11.4 Å². The van der Waals surface area contributed by atoms with Gasteiger partial charge in [0.25, 0.3) is 0 Å². The van der Waals surface area contributed by atoms with Crippen molar-refractivity contribution in [3.8, 4) is 0 Å². The summed E-state index contributed by atoms with van der Waals surface area (Å²) in [7, 11) is -2.21. The first-order valence-corrected chi connectivity index (χ1v) is 8.47. The van der Waals surface area contributed by atoms with Crippen molar-refractivity contribution in [3.05, 3.63) is 29.6 Å². The molecule has 0 aliphatic heterocycles. The fourth-order valence-electron chi connectivity index (χ4n) is 1.80. The number of benzene rings is 1. The molecule has 7 heteroatoms. The van der Waals surface area contributed by atoms with Crippen LogP contribution in [0.15, 0.2) is 23.1 Å². The second kappa shape index (κ2) is 9.09. The predicted molar refractivity (Wildman–Crippen MR) is 80.1 cm³/mol. The second-order valence-electron chi connectivity index (χ2n) is 4.64. The van der Waals surface area contributed by atoms with Gasteiger partial charge in [-0.1, -0.05) is 13.0 Å². The van der Waals surface area contributed by atoms with Crippen LogP contribution < -0.4 is 10.0 Å². The van der Waals surface area contributed by atoms with E-state index in [9.17, 15) is 12.8 Å². The maximum Gasteiger partial charge on any atom is 0.243 e. The summed E-state index contributed by atoms with van der Waals surface area (Å²) in [6.45, 7) is 4.07. The molecule has 0 aliphatic carbocycles. The summed E-state index contributed by atoms with van der Waals surface area (Å²) in [6, 6.07) is 4.17. The average Bonchev–Trinajstić information content (AvgIpc) is 2.44. The third-order valence-corrected chi connectivity index (χ3v) is 4.43. The summed E-state index contributed by atoms with van der Waals surface area (Å²) in [5.41, 5.74) is 0.716. The van der Waals surface area contributed by atoms with Crippen LogP contribution in [0.2, 0.25) is 0 Å². The van der Waals surface area contributed by atoms with Gasteiger partial charge in [-0.15, -0.1) is 0 Å². The molecule has 0 saturated heterocycles. The predicted octanol–water partition coefficient (Wildman–Crippen LogP) is 1.64. The molecule has 0 aliphatic rings. The number of hydrogen-bond donors (Lipinski definition) is 2. The van der Waals surface area contributed by atoms with E-state index in [4.69, 9.17) is 4.74 Å². The average molecular weight is 318 g/mol. The number of hydrogen-bond acceptors (Lipinski definition) is 4. The van der Waals surface area contributed by atoms with E-state index >= 15 is 0 Å². The Bertz CT molecular complexity index is 535. The van der Waals surface area contributed by atoms with Gasteiger partial charge in [-0.2, -0.15) is 0 Å². The molecule has 0 heterocycles. The number of unbranched alkanes of at least 4 members (excludes halogenated alkanes) is 1. The SMILES string of the molecule is CCNCc1ccc(S(=O)(=O)NCCCCOC)c(F)c1. The number of nitrogens with one attached hydrogen (secondary N) is 2. The summed E-state index contributed by atoms with van der Waals surface area (Å²) in [6.07, 6.45) is 1.40. The first-order chi connectivity index (χ1) is 10.0. The van der Waals surface area contributed by atoms with Crippen LogP contribution in [0.3, 0.4) is 0 Å². The minimum Gasteiger partial charge on any atom is -0.385 e. The summed E-state index contributed by atoms with van der Waals surface area (Å²) < 4.78 is 45.2. The van der Waals surface area contributed by atoms with E-state index in [0.717, 1.165) is 13.0 Å². The van der Waals surface area contributed by atoms with Gasteiger partial charge in [-0.3, -0.25) is 0 Å². The highest BCUT2D eigenvalue weighted by molar-refractivity contribution is 7.89. The van der Waals surface area contributed by atoms with Crippen molar-refractivity contribution in [1.82, 2.24) is 10.0 Å². The second-order valence-corrected chi connectivity index (χ2v) is 6.38. The van der Waals surface area contributed by atoms with Gasteiger partial charge in [0, 0.05) is 26.8 Å². The first-order valence-electron chi connectivity index (χ1n) is 6.99. The van der Waals surface area contributed by atoms with Crippen molar-refractivity contribution in [2.75, 3.05) is 26.8 Å². The van der Waals surface area contributed by atoms with E-state index in [2.05, 4.69) is 10.0 Å². The summed E-state index contributed by atoms with van der Waals surface area (Å²) in [5.74, 6) is -0.727. The third-order valence-electron chi connectivity index (χ3n) is 2.93. The summed E-state index contributed by atoms with van der Waals surface area (Å²) in [5, 5.41) is 3.06. The van der Waals surface area contributed by atoms with Gasteiger partial charge in [0.05, 0.1) is 0 Å². The monoisotopic (exact) mass is 318 g/mol. The quantitative estimate of drug-likeness (QED) is 0.644. The maximum atomic E-state index is 13.9. The zero-order valence-electron chi connectivity index (χ0n) is 12.5. The van der Waals surface area contributed by atoms with Crippen LogP contribution in [0.5, 0.6) is 0 Å². The lowest BCUT2D eigenvalue weighted by atomic mass is 10.2. The van der Waals surface area contributed by atoms with Gasteiger partial charge in [-0.25, -0.2) is 17.5 Å². The third kappa shape index (κ3) is 6.09. The van der Waals surface area contributed by atoms with Crippen LogP contribution >= 0.6 is 0 Å². The molecule has 0 amide bonds. The van der Waals surface area contributed by atoms with Crippen molar-refractivity contribution < 1.29 is 17.5 Å². The highest BCUT2D eigenvalue weighted by atomic mass is 32.2. The van der Waals surface area contributed by atoms with Crippen LogP contribution in [0, 0.1) is 5.82 Å². The topological polar surface area (TPSA) is 67.4 Å². The maximum absolute atomic E-state index is 13.9. The molecule has 1 aromatic carbocycles. The van der Waals surface area contributed by atoms with E-state index in [1.807, 2.05) is 6.92 Å². The largest absolute Gasteiger partial charge is 0.385 e. The molecule has 5 nitrogen and oxygen atoms in total. The Balaban J connectivity index is 2.65. The minimum atomic E-state index is -3.80. The smallest absolute Gasteiger partial charge is 0.243 e. The molecule has 120 valence electrons. The Labute approximate surface area is 125 Å². The van der Waals surface area contributed by atoms with Crippen molar-refractivity contribution in [2.24, 2.45) is 0 Å². The summed E-state index contributed by atoms with van der Waals surface area (Å²) >= 11 is 0. The zero-order valence-corrected chi connectivity index (χ0v) is 13.3. The summed E-state index contributed by atoms with van der Waals surface area (Å²) in [4.78, 5) is -0.311. The molecule has 0 unspecified atom stereocenters. The number of rotatable bonds is 10. The molecule has 1 rings (SSSR count). The Hall–Kier alpha value is -1.02. The molecule has 0 spiro atoms. The van der Waals surface area contributed by atoms with Gasteiger partial charge in [0.15, 0.2) is 0 Å². The Morgan fingerprint density at radius 1 is 1.29 bits per heavy atom. The molecule has 0 atom stereocenters. The van der Waals surface area contributed by atoms with Crippen LogP contribution in [0.1, 0.15) is 25.3 Å². The fraction of sp³-hybridized carbons (Fsp3) is 0.571. The van der Waals surface area contributed by atoms with Crippen molar-refractivity contribution in [2.45, 2.75) is 31.2 Å². The van der Waals surface area contributed by atoms with E-state index in [1.165, 1.54) is 12.1 Å². The molecule has 21 heavy (non-hydrogen) atoms. The lowest BCUT2D eigenvalue weighted by molar-refractivity contribution is 0.193. The molecule has 0 fully saturated rings. The highest BCUT2D eigenvalue weighted by Crippen LogP contribution is 2.16. The van der Waals surface area contributed by atoms with Gasteiger partial charge >= 0.3 is 0 Å². The number of ether oxygens (including phenoxy) is 1. The highest BCUT2D eigenvalue weighted by Gasteiger charge is 2.18. The van der Waals surface area contributed by atoms with Crippen molar-refractivity contribution in [1.29, 1.82) is 0 Å². The standard InChI is InChI=1S/C14H23FN2O3S/c1-3-16-11-12-6-7-14(13(15)10-12)21(18,19)17-8-4-5-9-20-2/h6-7,10,16-17H,3-5,8-9,11H2,1-2H3. The molecule has 0 aromatic heterocycles. The van der Waals surface area contributed by atoms with Gasteiger partial charge < -0.3 is 10.1 Å². The lowest BCUT2D eigenvalue weighted by Gasteiger charge is -2.09. The van der Waals surface area contributed by atoms with Crippen LogP contribution in [0.4, 0.5) is 4.39 Å². The molecule has 0 bridgehead atoms. The normalized spacial score (nSPS) is 11.8. The van der Waals surface area contributed by atoms with Gasteiger partial charge in [0.1, 0.15) is 10.7 Å². The van der Waals surface area contributed by atoms with Crippen LogP contribution in [-0.2, 0) is 21.3 Å².